The van der Waals surface area contributed by atoms with Crippen molar-refractivity contribution in [2.45, 2.75) is 31.8 Å². The van der Waals surface area contributed by atoms with E-state index in [9.17, 15) is 0 Å². The summed E-state index contributed by atoms with van der Waals surface area (Å²) in [6, 6.07) is 19.2. The largest absolute Gasteiger partial charge is 0.306 e. The molecular weight excluding hydrogens is 244 g/mol. The smallest absolute Gasteiger partial charge is 0.0991 e. The van der Waals surface area contributed by atoms with E-state index >= 15 is 0 Å². The molecule has 0 saturated carbocycles. The average Bonchev–Trinajstić information content (AvgIpc) is 2.53. The maximum Gasteiger partial charge on any atom is 0.0991 e. The molecule has 0 radical (unpaired) electrons. The predicted molar refractivity (Wildman–Crippen MR) is 80.1 cm³/mol. The van der Waals surface area contributed by atoms with Gasteiger partial charge in [0.25, 0.3) is 0 Å². The zero-order valence-electron chi connectivity index (χ0n) is 11.5. The topological polar surface area (TPSA) is 35.8 Å². The average molecular weight is 262 g/mol. The molecule has 2 heteroatoms. The molecule has 2 aromatic rings. The van der Waals surface area contributed by atoms with Gasteiger partial charge in [-0.2, -0.15) is 5.26 Å². The van der Waals surface area contributed by atoms with E-state index in [2.05, 4.69) is 41.7 Å². The van der Waals surface area contributed by atoms with E-state index in [1.165, 1.54) is 36.0 Å². The number of fused-ring (bicyclic) bond motifs is 1. The van der Waals surface area contributed by atoms with Gasteiger partial charge in [0.05, 0.1) is 11.6 Å². The van der Waals surface area contributed by atoms with Gasteiger partial charge in [-0.25, -0.2) is 0 Å². The summed E-state index contributed by atoms with van der Waals surface area (Å²) in [5.74, 6) is 0. The van der Waals surface area contributed by atoms with E-state index in [0.29, 0.717) is 6.04 Å². The lowest BCUT2D eigenvalue weighted by atomic mass is 9.87. The molecule has 1 aliphatic rings. The van der Waals surface area contributed by atoms with Crippen molar-refractivity contribution in [2.75, 3.05) is 0 Å². The molecule has 0 bridgehead atoms. The Kier molecular flexibility index (Phi) is 3.80. The Balaban J connectivity index is 1.72. The maximum absolute atomic E-state index is 8.94. The summed E-state index contributed by atoms with van der Waals surface area (Å²) in [6.45, 7) is 0.814. The number of hydrogen-bond donors (Lipinski definition) is 1. The molecule has 1 aliphatic carbocycles. The van der Waals surface area contributed by atoms with Crippen LogP contribution >= 0.6 is 0 Å². The molecule has 0 spiro atoms. The van der Waals surface area contributed by atoms with Gasteiger partial charge in [-0.15, -0.1) is 0 Å². The van der Waals surface area contributed by atoms with Crippen molar-refractivity contribution in [1.82, 2.24) is 5.32 Å². The lowest BCUT2D eigenvalue weighted by Gasteiger charge is -2.26. The molecule has 0 aromatic heterocycles. The van der Waals surface area contributed by atoms with Gasteiger partial charge in [0.15, 0.2) is 0 Å². The molecule has 3 rings (SSSR count). The van der Waals surface area contributed by atoms with Crippen LogP contribution in [0, 0.1) is 11.3 Å². The number of aryl methyl sites for hydroxylation is 1. The van der Waals surface area contributed by atoms with E-state index in [0.717, 1.165) is 12.1 Å². The summed E-state index contributed by atoms with van der Waals surface area (Å²) >= 11 is 0. The molecule has 0 amide bonds. The Hall–Kier alpha value is -2.11. The molecule has 100 valence electrons. The first kappa shape index (κ1) is 12.9. The van der Waals surface area contributed by atoms with E-state index < -0.39 is 0 Å². The van der Waals surface area contributed by atoms with Gasteiger partial charge in [-0.1, -0.05) is 36.4 Å². The molecule has 2 aromatic carbocycles. The number of benzene rings is 2. The molecule has 0 saturated heterocycles. The summed E-state index contributed by atoms with van der Waals surface area (Å²) in [6.07, 6.45) is 3.63. The number of nitrogens with zero attached hydrogens (tertiary/aromatic N) is 1. The third-order valence-electron chi connectivity index (χ3n) is 3.98. The summed E-state index contributed by atoms with van der Waals surface area (Å²) in [7, 11) is 0. The minimum atomic E-state index is 0.436. The number of hydrogen-bond acceptors (Lipinski definition) is 2. The van der Waals surface area contributed by atoms with Crippen molar-refractivity contribution in [3.63, 3.8) is 0 Å². The Labute approximate surface area is 120 Å². The Morgan fingerprint density at radius 3 is 2.95 bits per heavy atom. The Morgan fingerprint density at radius 2 is 2.05 bits per heavy atom. The first-order valence-electron chi connectivity index (χ1n) is 7.17. The summed E-state index contributed by atoms with van der Waals surface area (Å²) in [4.78, 5) is 0. The van der Waals surface area contributed by atoms with Gasteiger partial charge in [0.1, 0.15) is 0 Å². The van der Waals surface area contributed by atoms with Crippen molar-refractivity contribution in [3.05, 3.63) is 70.8 Å². The van der Waals surface area contributed by atoms with Crippen molar-refractivity contribution in [2.24, 2.45) is 0 Å². The lowest BCUT2D eigenvalue weighted by Crippen LogP contribution is -2.24. The highest BCUT2D eigenvalue weighted by Gasteiger charge is 2.18. The number of rotatable bonds is 3. The molecule has 0 fully saturated rings. The Bertz CT molecular complexity index is 640. The Morgan fingerprint density at radius 1 is 1.15 bits per heavy atom. The summed E-state index contributed by atoms with van der Waals surface area (Å²) in [5, 5.41) is 12.6. The lowest BCUT2D eigenvalue weighted by molar-refractivity contribution is 0.459. The molecule has 0 aliphatic heterocycles. The van der Waals surface area contributed by atoms with Crippen molar-refractivity contribution < 1.29 is 0 Å². The van der Waals surface area contributed by atoms with E-state index in [-0.39, 0.29) is 0 Å². The highest BCUT2D eigenvalue weighted by molar-refractivity contribution is 5.34. The van der Waals surface area contributed by atoms with Crippen molar-refractivity contribution in [1.29, 1.82) is 5.26 Å². The van der Waals surface area contributed by atoms with Crippen LogP contribution < -0.4 is 5.32 Å². The van der Waals surface area contributed by atoms with Crippen LogP contribution in [0.5, 0.6) is 0 Å². The molecule has 1 N–H and O–H groups in total. The van der Waals surface area contributed by atoms with E-state index in [1.807, 2.05) is 18.2 Å². The highest BCUT2D eigenvalue weighted by atomic mass is 14.9. The maximum atomic E-state index is 8.94. The zero-order chi connectivity index (χ0) is 13.8. The third kappa shape index (κ3) is 2.74. The molecule has 1 unspecified atom stereocenters. The van der Waals surface area contributed by atoms with Crippen molar-refractivity contribution >= 4 is 0 Å². The number of nitriles is 1. The molecular formula is C18H18N2. The van der Waals surface area contributed by atoms with Crippen LogP contribution in [0.4, 0.5) is 0 Å². The van der Waals surface area contributed by atoms with Crippen LogP contribution in [0.25, 0.3) is 0 Å². The van der Waals surface area contributed by atoms with Crippen LogP contribution in [0.1, 0.15) is 41.1 Å². The van der Waals surface area contributed by atoms with Crippen LogP contribution in [0.3, 0.4) is 0 Å². The van der Waals surface area contributed by atoms with Crippen molar-refractivity contribution in [3.8, 4) is 6.07 Å². The third-order valence-corrected chi connectivity index (χ3v) is 3.98. The van der Waals surface area contributed by atoms with Gasteiger partial charge < -0.3 is 5.32 Å². The summed E-state index contributed by atoms with van der Waals surface area (Å²) < 4.78 is 0. The minimum absolute atomic E-state index is 0.436. The number of nitrogens with one attached hydrogen (secondary N) is 1. The predicted octanol–water partition coefficient (Wildman–Crippen LogP) is 3.73. The van der Waals surface area contributed by atoms with Crippen LogP contribution in [0.15, 0.2) is 48.5 Å². The van der Waals surface area contributed by atoms with Crippen LogP contribution in [-0.4, -0.2) is 0 Å². The van der Waals surface area contributed by atoms with Gasteiger partial charge in [-0.3, -0.25) is 0 Å². The first-order chi connectivity index (χ1) is 9.86. The zero-order valence-corrected chi connectivity index (χ0v) is 11.5. The van der Waals surface area contributed by atoms with Gasteiger partial charge >= 0.3 is 0 Å². The SMILES string of the molecule is N#Cc1cccc(CNC2CCCc3ccccc32)c1. The molecule has 2 nitrogen and oxygen atoms in total. The first-order valence-corrected chi connectivity index (χ1v) is 7.17. The van der Waals surface area contributed by atoms with Gasteiger partial charge in [-0.05, 0) is 48.1 Å². The second-order valence-electron chi connectivity index (χ2n) is 5.34. The minimum Gasteiger partial charge on any atom is -0.306 e. The normalized spacial score (nSPS) is 17.2. The van der Waals surface area contributed by atoms with E-state index in [1.54, 1.807) is 0 Å². The fourth-order valence-corrected chi connectivity index (χ4v) is 2.96. The standard InChI is InChI=1S/C18H18N2/c19-12-14-5-3-6-15(11-14)13-20-18-10-4-8-16-7-1-2-9-17(16)18/h1-3,5-7,9,11,18,20H,4,8,10,13H2. The fourth-order valence-electron chi connectivity index (χ4n) is 2.96. The second kappa shape index (κ2) is 5.90. The van der Waals surface area contributed by atoms with Crippen LogP contribution in [0.2, 0.25) is 0 Å². The summed E-state index contributed by atoms with van der Waals surface area (Å²) in [5.41, 5.74) is 4.82. The van der Waals surface area contributed by atoms with Crippen LogP contribution in [-0.2, 0) is 13.0 Å². The second-order valence-corrected chi connectivity index (χ2v) is 5.34. The molecule has 0 heterocycles. The molecule has 1 atom stereocenters. The monoisotopic (exact) mass is 262 g/mol. The van der Waals surface area contributed by atoms with E-state index in [4.69, 9.17) is 5.26 Å². The fraction of sp³-hybridized carbons (Fsp3) is 0.278. The molecule has 20 heavy (non-hydrogen) atoms. The van der Waals surface area contributed by atoms with Gasteiger partial charge in [0.2, 0.25) is 0 Å². The quantitative estimate of drug-likeness (QED) is 0.915. The van der Waals surface area contributed by atoms with Gasteiger partial charge in [0, 0.05) is 12.6 Å². The highest BCUT2D eigenvalue weighted by Crippen LogP contribution is 2.29.